The minimum Gasteiger partial charge on any atom is -0.454 e. The smallest absolute Gasteiger partial charge is 0.431 e. The zero-order chi connectivity index (χ0) is 20.9. The van der Waals surface area contributed by atoms with Gasteiger partial charge in [-0.3, -0.25) is 4.79 Å². The number of rotatable bonds is 3. The average molecular weight is 415 g/mol. The Morgan fingerprint density at radius 3 is 2.63 bits per heavy atom. The number of halogens is 3. The lowest BCUT2D eigenvalue weighted by molar-refractivity contribution is -0.0918. The molecule has 0 fully saturated rings. The molecule has 0 spiro atoms. The molecular weight excluding hydrogens is 403 g/mol. The van der Waals surface area contributed by atoms with E-state index in [9.17, 15) is 18.0 Å². The molecule has 0 amide bonds. The van der Waals surface area contributed by atoms with Gasteiger partial charge in [0.2, 0.25) is 12.7 Å². The van der Waals surface area contributed by atoms with Crippen molar-refractivity contribution in [2.75, 3.05) is 12.1 Å². The Balaban J connectivity index is 1.74. The highest BCUT2D eigenvalue weighted by Crippen LogP contribution is 2.44. The Morgan fingerprint density at radius 2 is 1.87 bits per heavy atom. The second kappa shape index (κ2) is 6.58. The molecule has 1 unspecified atom stereocenters. The Bertz CT molecular complexity index is 1170. The molecule has 2 aromatic carbocycles. The molecule has 11 heteroatoms. The summed E-state index contributed by atoms with van der Waals surface area (Å²) in [6, 6.07) is 11.2. The van der Waals surface area contributed by atoms with Crippen LogP contribution in [0.2, 0.25) is 0 Å². The van der Waals surface area contributed by atoms with Gasteiger partial charge in [0.1, 0.15) is 11.7 Å². The molecule has 8 nitrogen and oxygen atoms in total. The van der Waals surface area contributed by atoms with E-state index in [-0.39, 0.29) is 18.3 Å². The Labute approximate surface area is 166 Å². The van der Waals surface area contributed by atoms with E-state index in [1.54, 1.807) is 30.3 Å². The first-order valence-electron chi connectivity index (χ1n) is 8.79. The zero-order valence-electron chi connectivity index (χ0n) is 15.1. The summed E-state index contributed by atoms with van der Waals surface area (Å²) < 4.78 is 53.7. The predicted octanol–water partition coefficient (Wildman–Crippen LogP) is 3.12. The van der Waals surface area contributed by atoms with Crippen molar-refractivity contribution in [1.82, 2.24) is 20.2 Å². The number of carbonyl (C=O) groups is 1. The summed E-state index contributed by atoms with van der Waals surface area (Å²) in [5.41, 5.74) is -1.28. The van der Waals surface area contributed by atoms with E-state index in [0.717, 1.165) is 4.68 Å². The number of benzene rings is 2. The number of hydrogen-bond acceptors (Lipinski definition) is 7. The lowest BCUT2D eigenvalue weighted by atomic mass is 9.89. The highest BCUT2D eigenvalue weighted by molar-refractivity contribution is 6.10. The number of tetrazole rings is 1. The van der Waals surface area contributed by atoms with Crippen molar-refractivity contribution in [2.45, 2.75) is 12.2 Å². The molecule has 1 N–H and O–H groups in total. The van der Waals surface area contributed by atoms with Crippen molar-refractivity contribution in [3.63, 3.8) is 0 Å². The SMILES string of the molecule is O=C(C1=C(C(F)(F)F)Nc2nnnn2C1c1ccc2c(c1)OCO2)c1ccccc1. The third-order valence-electron chi connectivity index (χ3n) is 4.79. The molecule has 0 radical (unpaired) electrons. The molecule has 152 valence electrons. The summed E-state index contributed by atoms with van der Waals surface area (Å²) in [5.74, 6) is -0.199. The maximum atomic E-state index is 14.0. The van der Waals surface area contributed by atoms with Crippen LogP contribution in [-0.2, 0) is 0 Å². The summed E-state index contributed by atoms with van der Waals surface area (Å²) in [4.78, 5) is 13.3. The lowest BCUT2D eigenvalue weighted by Crippen LogP contribution is -2.35. The van der Waals surface area contributed by atoms with Gasteiger partial charge in [-0.15, -0.1) is 0 Å². The van der Waals surface area contributed by atoms with Crippen LogP contribution in [0.5, 0.6) is 11.5 Å². The Morgan fingerprint density at radius 1 is 1.10 bits per heavy atom. The number of fused-ring (bicyclic) bond motifs is 2. The number of ether oxygens (including phenoxy) is 2. The van der Waals surface area contributed by atoms with Gasteiger partial charge >= 0.3 is 6.18 Å². The van der Waals surface area contributed by atoms with Crippen molar-refractivity contribution in [3.05, 3.63) is 70.9 Å². The largest absolute Gasteiger partial charge is 0.454 e. The molecule has 0 aliphatic carbocycles. The number of ketones is 1. The number of carbonyl (C=O) groups excluding carboxylic acids is 1. The van der Waals surface area contributed by atoms with Crippen molar-refractivity contribution in [1.29, 1.82) is 0 Å². The van der Waals surface area contributed by atoms with E-state index in [4.69, 9.17) is 9.47 Å². The lowest BCUT2D eigenvalue weighted by Gasteiger charge is -2.30. The van der Waals surface area contributed by atoms with Gasteiger partial charge in [-0.2, -0.15) is 17.9 Å². The summed E-state index contributed by atoms with van der Waals surface area (Å²) in [7, 11) is 0. The van der Waals surface area contributed by atoms with Crippen molar-refractivity contribution < 1.29 is 27.4 Å². The van der Waals surface area contributed by atoms with Crippen molar-refractivity contribution in [2.24, 2.45) is 0 Å². The van der Waals surface area contributed by atoms with Gasteiger partial charge in [-0.1, -0.05) is 41.5 Å². The van der Waals surface area contributed by atoms with Gasteiger partial charge in [0, 0.05) is 5.56 Å². The van der Waals surface area contributed by atoms with Crippen LogP contribution in [0.15, 0.2) is 59.8 Å². The highest BCUT2D eigenvalue weighted by atomic mass is 19.4. The molecule has 0 bridgehead atoms. The standard InChI is InChI=1S/C19H12F3N5O3/c20-19(21,22)17-14(16(28)10-4-2-1-3-5-10)15(27-18(23-17)24-25-26-27)11-6-7-12-13(8-11)30-9-29-12/h1-8,15H,9H2,(H,23,24,26). The van der Waals surface area contributed by atoms with Crippen LogP contribution in [0.25, 0.3) is 0 Å². The summed E-state index contributed by atoms with van der Waals surface area (Å²) in [6.45, 7) is 0.000579. The summed E-state index contributed by atoms with van der Waals surface area (Å²) in [6.07, 6.45) is -4.84. The van der Waals surface area contributed by atoms with E-state index < -0.39 is 29.3 Å². The number of aromatic nitrogens is 4. The van der Waals surface area contributed by atoms with Crippen molar-refractivity contribution >= 4 is 11.7 Å². The summed E-state index contributed by atoms with van der Waals surface area (Å²) in [5, 5.41) is 13.1. The molecule has 2 aliphatic rings. The van der Waals surface area contributed by atoms with E-state index in [1.165, 1.54) is 18.2 Å². The summed E-state index contributed by atoms with van der Waals surface area (Å²) >= 11 is 0. The van der Waals surface area contributed by atoms with Crippen LogP contribution in [0.4, 0.5) is 19.1 Å². The van der Waals surface area contributed by atoms with Crippen LogP contribution < -0.4 is 14.8 Å². The van der Waals surface area contributed by atoms with E-state index in [0.29, 0.717) is 17.1 Å². The fourth-order valence-electron chi connectivity index (χ4n) is 3.49. The third-order valence-corrected chi connectivity index (χ3v) is 4.79. The fourth-order valence-corrected chi connectivity index (χ4v) is 3.49. The van der Waals surface area contributed by atoms with Gasteiger partial charge in [0.25, 0.3) is 0 Å². The molecule has 1 aromatic heterocycles. The molecule has 3 aromatic rings. The van der Waals surface area contributed by atoms with Crippen molar-refractivity contribution in [3.8, 4) is 11.5 Å². The number of hydrogen-bond donors (Lipinski definition) is 1. The number of nitrogens with one attached hydrogen (secondary N) is 1. The molecule has 0 saturated carbocycles. The number of nitrogens with zero attached hydrogens (tertiary/aromatic N) is 4. The molecule has 2 aliphatic heterocycles. The molecule has 1 atom stereocenters. The Kier molecular flexibility index (Phi) is 3.98. The first-order valence-corrected chi connectivity index (χ1v) is 8.79. The van der Waals surface area contributed by atoms with Gasteiger partial charge in [0.05, 0.1) is 5.57 Å². The maximum absolute atomic E-state index is 14.0. The number of Topliss-reactive ketones (excluding diaryl/α,β-unsaturated/α-hetero) is 1. The van der Waals surface area contributed by atoms with Gasteiger partial charge in [-0.05, 0) is 28.1 Å². The van der Waals surface area contributed by atoms with Gasteiger partial charge < -0.3 is 14.8 Å². The first kappa shape index (κ1) is 18.2. The Hall–Kier alpha value is -3.89. The predicted molar refractivity (Wildman–Crippen MR) is 96.0 cm³/mol. The minimum atomic E-state index is -4.84. The average Bonchev–Trinajstić information content (AvgIpc) is 3.40. The minimum absolute atomic E-state index is 0.000579. The number of anilines is 1. The van der Waals surface area contributed by atoms with Crippen LogP contribution in [-0.4, -0.2) is 39.0 Å². The maximum Gasteiger partial charge on any atom is 0.431 e. The highest BCUT2D eigenvalue weighted by Gasteiger charge is 2.46. The topological polar surface area (TPSA) is 91.2 Å². The van der Waals surface area contributed by atoms with Gasteiger partial charge in [0.15, 0.2) is 17.3 Å². The van der Waals surface area contributed by atoms with Crippen LogP contribution >= 0.6 is 0 Å². The monoisotopic (exact) mass is 415 g/mol. The van der Waals surface area contributed by atoms with E-state index in [1.807, 2.05) is 0 Å². The van der Waals surface area contributed by atoms with E-state index >= 15 is 0 Å². The molecule has 5 rings (SSSR count). The quantitative estimate of drug-likeness (QED) is 0.658. The van der Waals surface area contributed by atoms with E-state index in [2.05, 4.69) is 20.8 Å². The molecule has 0 saturated heterocycles. The first-order chi connectivity index (χ1) is 14.4. The molecule has 3 heterocycles. The number of alkyl halides is 3. The molecular formula is C19H12F3N5O3. The van der Waals surface area contributed by atoms with Crippen LogP contribution in [0, 0.1) is 0 Å². The van der Waals surface area contributed by atoms with Gasteiger partial charge in [-0.25, -0.2) is 0 Å². The number of allylic oxidation sites excluding steroid dienone is 2. The van der Waals surface area contributed by atoms with Crippen LogP contribution in [0.1, 0.15) is 22.0 Å². The normalized spacial score (nSPS) is 17.5. The zero-order valence-corrected chi connectivity index (χ0v) is 15.1. The van der Waals surface area contributed by atoms with Crippen LogP contribution in [0.3, 0.4) is 0 Å². The second-order valence-corrected chi connectivity index (χ2v) is 6.57. The second-order valence-electron chi connectivity index (χ2n) is 6.57. The molecule has 30 heavy (non-hydrogen) atoms. The third kappa shape index (κ3) is 2.86. The fraction of sp³-hybridized carbons (Fsp3) is 0.158.